The maximum Gasteiger partial charge on any atom is 0.263 e. The van der Waals surface area contributed by atoms with Crippen molar-refractivity contribution in [2.75, 3.05) is 13.1 Å². The lowest BCUT2D eigenvalue weighted by molar-refractivity contribution is 0.0912. The molecule has 0 bridgehead atoms. The number of halogens is 1. The highest BCUT2D eigenvalue weighted by atomic mass is 35.5. The first kappa shape index (κ1) is 21.0. The number of amides is 1. The molecule has 6 nitrogen and oxygen atoms in total. The predicted octanol–water partition coefficient (Wildman–Crippen LogP) is 4.05. The van der Waals surface area contributed by atoms with Gasteiger partial charge in [-0.15, -0.1) is 11.3 Å². The Morgan fingerprint density at radius 3 is 2.57 bits per heavy atom. The number of rotatable bonds is 6. The van der Waals surface area contributed by atoms with Gasteiger partial charge in [0, 0.05) is 31.2 Å². The Hall–Kier alpha value is -2.22. The molecular formula is C22H26ClN5OS. The van der Waals surface area contributed by atoms with Crippen LogP contribution in [0, 0.1) is 13.8 Å². The van der Waals surface area contributed by atoms with E-state index in [0.717, 1.165) is 49.4 Å². The van der Waals surface area contributed by atoms with Crippen LogP contribution in [0.25, 0.3) is 0 Å². The quantitative estimate of drug-likeness (QED) is 0.624. The molecule has 158 valence electrons. The molecule has 3 aromatic rings. The van der Waals surface area contributed by atoms with E-state index in [2.05, 4.69) is 32.4 Å². The number of hydrogen-bond acceptors (Lipinski definition) is 5. The second-order valence-electron chi connectivity index (χ2n) is 7.79. The number of carbonyl (C=O) groups excluding carboxylic acids is 1. The fraction of sp³-hybridized carbons (Fsp3) is 0.409. The summed E-state index contributed by atoms with van der Waals surface area (Å²) in [5.74, 6) is -0.00507. The minimum Gasteiger partial charge on any atom is -0.348 e. The fourth-order valence-electron chi connectivity index (χ4n) is 3.86. The number of piperidine rings is 1. The first-order valence-electron chi connectivity index (χ1n) is 10.2. The Morgan fingerprint density at radius 1 is 1.17 bits per heavy atom. The summed E-state index contributed by atoms with van der Waals surface area (Å²) in [5.41, 5.74) is 5.77. The number of nitrogens with one attached hydrogen (secondary N) is 1. The van der Waals surface area contributed by atoms with Crippen LogP contribution >= 0.6 is 22.9 Å². The van der Waals surface area contributed by atoms with Crippen molar-refractivity contribution in [3.63, 3.8) is 0 Å². The Bertz CT molecular complexity index is 1010. The van der Waals surface area contributed by atoms with Gasteiger partial charge in [-0.1, -0.05) is 41.9 Å². The summed E-state index contributed by atoms with van der Waals surface area (Å²) in [7, 11) is 0. The van der Waals surface area contributed by atoms with Crippen LogP contribution in [0.15, 0.2) is 35.8 Å². The number of nitrogens with zero attached hydrogens (tertiary/aromatic N) is 4. The van der Waals surface area contributed by atoms with Crippen molar-refractivity contribution in [2.45, 2.75) is 45.8 Å². The molecule has 1 fully saturated rings. The van der Waals surface area contributed by atoms with E-state index in [4.69, 9.17) is 11.6 Å². The van der Waals surface area contributed by atoms with Crippen LogP contribution in [0.3, 0.4) is 0 Å². The fourth-order valence-corrected chi connectivity index (χ4v) is 4.86. The highest BCUT2D eigenvalue weighted by molar-refractivity contribution is 7.11. The second kappa shape index (κ2) is 9.29. The first-order chi connectivity index (χ1) is 14.5. The molecule has 2 aromatic heterocycles. The number of aryl methyl sites for hydroxylation is 2. The minimum absolute atomic E-state index is 0.00507. The van der Waals surface area contributed by atoms with Gasteiger partial charge >= 0.3 is 0 Å². The molecular weight excluding hydrogens is 418 g/mol. The van der Waals surface area contributed by atoms with Gasteiger partial charge in [-0.3, -0.25) is 9.69 Å². The van der Waals surface area contributed by atoms with Gasteiger partial charge in [0.05, 0.1) is 23.4 Å². The SMILES string of the molecule is Cc1ncsc1C(=O)NC1CCN(Cc2c(C)nn(Cc3ccccc3)c2Cl)CC1. The summed E-state index contributed by atoms with van der Waals surface area (Å²) >= 11 is 8.08. The Labute approximate surface area is 185 Å². The second-order valence-corrected chi connectivity index (χ2v) is 9.00. The average molecular weight is 444 g/mol. The lowest BCUT2D eigenvalue weighted by Crippen LogP contribution is -2.44. The Kier molecular flexibility index (Phi) is 6.51. The zero-order valence-electron chi connectivity index (χ0n) is 17.3. The first-order valence-corrected chi connectivity index (χ1v) is 11.5. The number of aromatic nitrogens is 3. The van der Waals surface area contributed by atoms with E-state index < -0.39 is 0 Å². The van der Waals surface area contributed by atoms with E-state index in [1.807, 2.05) is 36.7 Å². The van der Waals surface area contributed by atoms with Crippen LogP contribution in [0.4, 0.5) is 0 Å². The van der Waals surface area contributed by atoms with Gasteiger partial charge in [0.25, 0.3) is 5.91 Å². The van der Waals surface area contributed by atoms with Crippen molar-refractivity contribution in [1.82, 2.24) is 25.0 Å². The van der Waals surface area contributed by atoms with Crippen LogP contribution in [-0.2, 0) is 13.1 Å². The summed E-state index contributed by atoms with van der Waals surface area (Å²) in [6.45, 7) is 7.20. The smallest absolute Gasteiger partial charge is 0.263 e. The van der Waals surface area contributed by atoms with Gasteiger partial charge in [0.1, 0.15) is 10.0 Å². The molecule has 4 rings (SSSR count). The van der Waals surface area contributed by atoms with E-state index in [9.17, 15) is 4.79 Å². The summed E-state index contributed by atoms with van der Waals surface area (Å²) in [6.07, 6.45) is 1.86. The molecule has 1 N–H and O–H groups in total. The molecule has 30 heavy (non-hydrogen) atoms. The number of benzene rings is 1. The highest BCUT2D eigenvalue weighted by Gasteiger charge is 2.24. The molecule has 1 amide bonds. The van der Waals surface area contributed by atoms with E-state index >= 15 is 0 Å². The maximum absolute atomic E-state index is 12.4. The molecule has 0 spiro atoms. The van der Waals surface area contributed by atoms with Crippen LogP contribution in [0.1, 0.15) is 45.0 Å². The van der Waals surface area contributed by atoms with Crippen molar-refractivity contribution in [3.05, 3.63) is 68.4 Å². The lowest BCUT2D eigenvalue weighted by Gasteiger charge is -2.32. The summed E-state index contributed by atoms with van der Waals surface area (Å²) in [5, 5.41) is 8.54. The molecule has 1 aliphatic heterocycles. The molecule has 8 heteroatoms. The molecule has 0 atom stereocenters. The van der Waals surface area contributed by atoms with E-state index in [-0.39, 0.29) is 11.9 Å². The topological polar surface area (TPSA) is 63.1 Å². The zero-order chi connectivity index (χ0) is 21.1. The normalized spacial score (nSPS) is 15.4. The maximum atomic E-state index is 12.4. The van der Waals surface area contributed by atoms with E-state index in [1.165, 1.54) is 16.9 Å². The van der Waals surface area contributed by atoms with Crippen molar-refractivity contribution in [3.8, 4) is 0 Å². The highest BCUT2D eigenvalue weighted by Crippen LogP contribution is 2.24. The largest absolute Gasteiger partial charge is 0.348 e. The van der Waals surface area contributed by atoms with Crippen molar-refractivity contribution in [1.29, 1.82) is 0 Å². The third kappa shape index (κ3) is 4.74. The van der Waals surface area contributed by atoms with Crippen molar-refractivity contribution >= 4 is 28.8 Å². The average Bonchev–Trinajstić information content (AvgIpc) is 3.28. The summed E-state index contributed by atoms with van der Waals surface area (Å²) in [6, 6.07) is 10.4. The van der Waals surface area contributed by atoms with Gasteiger partial charge in [-0.05, 0) is 32.3 Å². The molecule has 1 aromatic carbocycles. The van der Waals surface area contributed by atoms with Crippen LogP contribution < -0.4 is 5.32 Å². The molecule has 1 saturated heterocycles. The Morgan fingerprint density at radius 2 is 1.90 bits per heavy atom. The third-order valence-electron chi connectivity index (χ3n) is 5.61. The summed E-state index contributed by atoms with van der Waals surface area (Å²) in [4.78, 5) is 19.7. The number of likely N-dealkylation sites (tertiary alicyclic amines) is 1. The van der Waals surface area contributed by atoms with E-state index in [0.29, 0.717) is 16.6 Å². The molecule has 0 radical (unpaired) electrons. The van der Waals surface area contributed by atoms with Gasteiger partial charge in [0.15, 0.2) is 0 Å². The van der Waals surface area contributed by atoms with Crippen LogP contribution in [-0.4, -0.2) is 44.7 Å². The summed E-state index contributed by atoms with van der Waals surface area (Å²) < 4.78 is 1.88. The predicted molar refractivity (Wildman–Crippen MR) is 120 cm³/mol. The van der Waals surface area contributed by atoms with Crippen LogP contribution in [0.2, 0.25) is 5.15 Å². The molecule has 0 aliphatic carbocycles. The monoisotopic (exact) mass is 443 g/mol. The Balaban J connectivity index is 1.33. The molecule has 3 heterocycles. The number of thiazole rings is 1. The van der Waals surface area contributed by atoms with Gasteiger partial charge in [-0.25, -0.2) is 9.67 Å². The number of hydrogen-bond donors (Lipinski definition) is 1. The third-order valence-corrected chi connectivity index (χ3v) is 6.97. The molecule has 1 aliphatic rings. The molecule has 0 saturated carbocycles. The van der Waals surface area contributed by atoms with Crippen LogP contribution in [0.5, 0.6) is 0 Å². The standard InChI is InChI=1S/C22H26ClN5OS/c1-15-19(21(23)28(26-15)12-17-6-4-3-5-7-17)13-27-10-8-18(9-11-27)25-22(29)20-16(2)24-14-30-20/h3-7,14,18H,8-13H2,1-2H3,(H,25,29). The van der Waals surface area contributed by atoms with Crippen molar-refractivity contribution < 1.29 is 4.79 Å². The zero-order valence-corrected chi connectivity index (χ0v) is 18.8. The lowest BCUT2D eigenvalue weighted by atomic mass is 10.0. The van der Waals surface area contributed by atoms with Gasteiger partial charge in [0.2, 0.25) is 0 Å². The molecule has 0 unspecified atom stereocenters. The van der Waals surface area contributed by atoms with Crippen molar-refractivity contribution in [2.24, 2.45) is 0 Å². The number of carbonyl (C=O) groups is 1. The van der Waals surface area contributed by atoms with Gasteiger partial charge in [-0.2, -0.15) is 5.10 Å². The van der Waals surface area contributed by atoms with E-state index in [1.54, 1.807) is 5.51 Å². The minimum atomic E-state index is -0.00507. The van der Waals surface area contributed by atoms with Gasteiger partial charge < -0.3 is 5.32 Å².